The first kappa shape index (κ1) is 18.8. The first-order chi connectivity index (χ1) is 12.2. The molecular weight excluding hydrogens is 316 g/mol. The molecule has 0 aromatic heterocycles. The van der Waals surface area contributed by atoms with E-state index in [1.165, 1.54) is 4.90 Å². The number of anilines is 1. The van der Waals surface area contributed by atoms with Crippen LogP contribution >= 0.6 is 0 Å². The number of benzene rings is 2. The minimum atomic E-state index is -0.0148. The molecule has 25 heavy (non-hydrogen) atoms. The van der Waals surface area contributed by atoms with Gasteiger partial charge in [0.2, 0.25) is 0 Å². The quantitative estimate of drug-likeness (QED) is 0.733. The van der Waals surface area contributed by atoms with Crippen LogP contribution in [0.2, 0.25) is 0 Å². The van der Waals surface area contributed by atoms with Crippen LogP contribution in [0.4, 0.5) is 5.69 Å². The highest BCUT2D eigenvalue weighted by atomic mass is 16.5. The zero-order valence-corrected chi connectivity index (χ0v) is 15.2. The molecule has 2 rings (SSSR count). The number of rotatable bonds is 9. The summed E-state index contributed by atoms with van der Waals surface area (Å²) in [7, 11) is 1.61. The molecule has 0 heterocycles. The number of amides is 1. The predicted octanol–water partition coefficient (Wildman–Crippen LogP) is 2.14. The molecule has 2 aromatic carbocycles. The Morgan fingerprint density at radius 2 is 1.92 bits per heavy atom. The lowest BCUT2D eigenvalue weighted by atomic mass is 10.2. The Morgan fingerprint density at radius 1 is 1.12 bits per heavy atom. The van der Waals surface area contributed by atoms with Crippen LogP contribution in [-0.2, 0) is 11.3 Å². The van der Waals surface area contributed by atoms with Gasteiger partial charge >= 0.3 is 0 Å². The second-order valence-corrected chi connectivity index (χ2v) is 5.78. The lowest BCUT2D eigenvalue weighted by Crippen LogP contribution is -3.11. The van der Waals surface area contributed by atoms with Crippen molar-refractivity contribution in [2.45, 2.75) is 20.4 Å². The Labute approximate surface area is 149 Å². The monoisotopic (exact) mass is 343 g/mol. The Bertz CT molecular complexity index is 688. The van der Waals surface area contributed by atoms with Crippen molar-refractivity contribution in [3.8, 4) is 11.5 Å². The Kier molecular flexibility index (Phi) is 7.29. The van der Waals surface area contributed by atoms with Crippen LogP contribution < -0.4 is 19.7 Å². The van der Waals surface area contributed by atoms with E-state index in [4.69, 9.17) is 9.47 Å². The van der Waals surface area contributed by atoms with Gasteiger partial charge in [0.15, 0.2) is 6.54 Å². The van der Waals surface area contributed by atoms with Crippen LogP contribution in [0, 0.1) is 0 Å². The average molecular weight is 343 g/mol. The zero-order valence-electron chi connectivity index (χ0n) is 15.2. The minimum absolute atomic E-state index is 0.0148. The van der Waals surface area contributed by atoms with Crippen LogP contribution in [-0.4, -0.2) is 32.7 Å². The van der Waals surface area contributed by atoms with Crippen molar-refractivity contribution in [3.05, 3.63) is 54.1 Å². The third-order valence-electron chi connectivity index (χ3n) is 3.98. The summed E-state index contributed by atoms with van der Waals surface area (Å²) < 4.78 is 10.9. The smallest absolute Gasteiger partial charge is 0.279 e. The lowest BCUT2D eigenvalue weighted by Gasteiger charge is -2.19. The minimum Gasteiger partial charge on any atom is -0.497 e. The molecule has 0 aliphatic carbocycles. The number of hydrogen-bond acceptors (Lipinski definition) is 3. The Morgan fingerprint density at radius 3 is 2.64 bits per heavy atom. The van der Waals surface area contributed by atoms with E-state index in [1.807, 2.05) is 49.4 Å². The topological polar surface area (TPSA) is 52.0 Å². The number of methoxy groups -OCH3 is 1. The van der Waals surface area contributed by atoms with Crippen molar-refractivity contribution in [2.24, 2.45) is 0 Å². The van der Waals surface area contributed by atoms with Gasteiger partial charge in [-0.25, -0.2) is 0 Å². The van der Waals surface area contributed by atoms with Gasteiger partial charge in [-0.2, -0.15) is 0 Å². The Hall–Kier alpha value is -2.53. The number of para-hydroxylation sites is 1. The van der Waals surface area contributed by atoms with E-state index in [1.54, 1.807) is 7.11 Å². The molecule has 0 saturated carbocycles. The molecule has 0 aliphatic heterocycles. The second-order valence-electron chi connectivity index (χ2n) is 5.78. The maximum Gasteiger partial charge on any atom is 0.279 e. The number of ether oxygens (including phenoxy) is 2. The van der Waals surface area contributed by atoms with Crippen molar-refractivity contribution in [1.82, 2.24) is 0 Å². The molecule has 1 unspecified atom stereocenters. The van der Waals surface area contributed by atoms with E-state index in [9.17, 15) is 4.79 Å². The number of carbonyl (C=O) groups is 1. The standard InChI is InChI=1S/C20H26N2O3/c1-4-22(14-16-9-6-7-12-19(16)25-5-2)15-20(23)21-17-10-8-11-18(13-17)24-3/h6-13H,4-5,14-15H2,1-3H3,(H,21,23)/p+1. The van der Waals surface area contributed by atoms with E-state index >= 15 is 0 Å². The van der Waals surface area contributed by atoms with Crippen LogP contribution in [0.1, 0.15) is 19.4 Å². The van der Waals surface area contributed by atoms with E-state index in [-0.39, 0.29) is 5.91 Å². The van der Waals surface area contributed by atoms with Crippen LogP contribution in [0.15, 0.2) is 48.5 Å². The highest BCUT2D eigenvalue weighted by molar-refractivity contribution is 5.91. The second kappa shape index (κ2) is 9.69. The van der Waals surface area contributed by atoms with Gasteiger partial charge < -0.3 is 19.7 Å². The number of hydrogen-bond donors (Lipinski definition) is 2. The summed E-state index contributed by atoms with van der Waals surface area (Å²) >= 11 is 0. The lowest BCUT2D eigenvalue weighted by molar-refractivity contribution is -0.903. The Balaban J connectivity index is 1.98. The molecule has 1 amide bonds. The maximum absolute atomic E-state index is 12.4. The molecule has 2 aromatic rings. The zero-order chi connectivity index (χ0) is 18.1. The first-order valence-electron chi connectivity index (χ1n) is 8.64. The molecule has 0 radical (unpaired) electrons. The molecule has 0 bridgehead atoms. The number of nitrogens with one attached hydrogen (secondary N) is 2. The fourth-order valence-electron chi connectivity index (χ4n) is 2.66. The molecule has 0 aliphatic rings. The maximum atomic E-state index is 12.4. The fourth-order valence-corrected chi connectivity index (χ4v) is 2.66. The number of likely N-dealkylation sites (N-methyl/N-ethyl adjacent to an activating group) is 1. The normalized spacial score (nSPS) is 11.6. The predicted molar refractivity (Wildman–Crippen MR) is 99.3 cm³/mol. The van der Waals surface area contributed by atoms with Gasteiger partial charge in [0, 0.05) is 17.3 Å². The largest absolute Gasteiger partial charge is 0.497 e. The molecule has 5 nitrogen and oxygen atoms in total. The summed E-state index contributed by atoms with van der Waals surface area (Å²) in [6.45, 7) is 6.69. The van der Waals surface area contributed by atoms with E-state index in [2.05, 4.69) is 18.3 Å². The fraction of sp³-hybridized carbons (Fsp3) is 0.350. The molecule has 5 heteroatoms. The van der Waals surface area contributed by atoms with Gasteiger partial charge in [0.1, 0.15) is 18.0 Å². The van der Waals surface area contributed by atoms with Crippen LogP contribution in [0.3, 0.4) is 0 Å². The summed E-state index contributed by atoms with van der Waals surface area (Å²) in [6, 6.07) is 15.4. The van der Waals surface area contributed by atoms with Gasteiger partial charge in [-0.3, -0.25) is 4.79 Å². The summed E-state index contributed by atoms with van der Waals surface area (Å²) in [5.74, 6) is 1.60. The van der Waals surface area contributed by atoms with Crippen molar-refractivity contribution < 1.29 is 19.2 Å². The number of carbonyl (C=O) groups excluding carboxylic acids is 1. The van der Waals surface area contributed by atoms with Gasteiger partial charge in [0.05, 0.1) is 20.3 Å². The third kappa shape index (κ3) is 5.80. The summed E-state index contributed by atoms with van der Waals surface area (Å²) in [4.78, 5) is 13.6. The van der Waals surface area contributed by atoms with Gasteiger partial charge in [-0.05, 0) is 38.1 Å². The van der Waals surface area contributed by atoms with E-state index < -0.39 is 0 Å². The van der Waals surface area contributed by atoms with Gasteiger partial charge in [-0.1, -0.05) is 18.2 Å². The van der Waals surface area contributed by atoms with Crippen LogP contribution in [0.5, 0.6) is 11.5 Å². The first-order valence-corrected chi connectivity index (χ1v) is 8.64. The van der Waals surface area contributed by atoms with Gasteiger partial charge in [0.25, 0.3) is 5.91 Å². The van der Waals surface area contributed by atoms with Crippen molar-refractivity contribution in [1.29, 1.82) is 0 Å². The molecule has 0 saturated heterocycles. The third-order valence-corrected chi connectivity index (χ3v) is 3.98. The number of quaternary nitrogens is 1. The summed E-state index contributed by atoms with van der Waals surface area (Å²) in [5.41, 5.74) is 1.87. The highest BCUT2D eigenvalue weighted by Crippen LogP contribution is 2.17. The van der Waals surface area contributed by atoms with Crippen molar-refractivity contribution >= 4 is 11.6 Å². The molecule has 0 fully saturated rings. The van der Waals surface area contributed by atoms with E-state index in [0.717, 1.165) is 35.8 Å². The average Bonchev–Trinajstić information content (AvgIpc) is 2.63. The molecular formula is C20H27N2O3+. The molecule has 2 N–H and O–H groups in total. The summed E-state index contributed by atoms with van der Waals surface area (Å²) in [6.07, 6.45) is 0. The molecule has 1 atom stereocenters. The SMILES string of the molecule is CCOc1ccccc1C[NH+](CC)CC(=O)Nc1cccc(OC)c1. The summed E-state index contributed by atoms with van der Waals surface area (Å²) in [5, 5.41) is 2.94. The molecule has 134 valence electrons. The molecule has 0 spiro atoms. The van der Waals surface area contributed by atoms with Gasteiger partial charge in [-0.15, -0.1) is 0 Å². The van der Waals surface area contributed by atoms with Crippen molar-refractivity contribution in [2.75, 3.05) is 32.1 Å². The van der Waals surface area contributed by atoms with Crippen LogP contribution in [0.25, 0.3) is 0 Å². The van der Waals surface area contributed by atoms with E-state index in [0.29, 0.717) is 13.2 Å². The van der Waals surface area contributed by atoms with Crippen molar-refractivity contribution in [3.63, 3.8) is 0 Å². The highest BCUT2D eigenvalue weighted by Gasteiger charge is 2.16.